The molecule has 2 aromatic carbocycles. The van der Waals surface area contributed by atoms with Crippen molar-refractivity contribution in [1.82, 2.24) is 4.98 Å². The summed E-state index contributed by atoms with van der Waals surface area (Å²) in [5.41, 5.74) is 7.46. The highest BCUT2D eigenvalue weighted by molar-refractivity contribution is 8.00. The number of nitrogen functional groups attached to an aromatic ring is 1. The van der Waals surface area contributed by atoms with Crippen LogP contribution in [0.1, 0.15) is 10.8 Å². The van der Waals surface area contributed by atoms with Gasteiger partial charge in [-0.3, -0.25) is 4.79 Å². The number of amides is 1. The molecule has 0 aliphatic heterocycles. The Hall–Kier alpha value is -2.31. The van der Waals surface area contributed by atoms with Gasteiger partial charge < -0.3 is 11.1 Å². The van der Waals surface area contributed by atoms with Crippen LogP contribution in [0.5, 0.6) is 0 Å². The van der Waals surface area contributed by atoms with Crippen LogP contribution in [0.4, 0.5) is 10.8 Å². The topological polar surface area (TPSA) is 68.0 Å². The summed E-state index contributed by atoms with van der Waals surface area (Å²) in [6.45, 7) is 0. The SMILES string of the molecule is Nc1cccc(SC(C(=O)Nc2nccs2)c2ccccc2)c1. The first-order chi connectivity index (χ1) is 11.2. The Morgan fingerprint density at radius 2 is 2.00 bits per heavy atom. The number of carbonyl (C=O) groups excluding carboxylic acids is 1. The minimum atomic E-state index is -0.373. The zero-order chi connectivity index (χ0) is 16.1. The van der Waals surface area contributed by atoms with E-state index in [1.54, 1.807) is 6.20 Å². The van der Waals surface area contributed by atoms with Crippen molar-refractivity contribution in [3.05, 3.63) is 71.7 Å². The Balaban J connectivity index is 1.86. The van der Waals surface area contributed by atoms with Gasteiger partial charge in [0.15, 0.2) is 5.13 Å². The summed E-state index contributed by atoms with van der Waals surface area (Å²) in [6, 6.07) is 17.2. The quantitative estimate of drug-likeness (QED) is 0.539. The molecule has 3 aromatic rings. The van der Waals surface area contributed by atoms with Gasteiger partial charge in [0.05, 0.1) is 0 Å². The van der Waals surface area contributed by atoms with Crippen molar-refractivity contribution in [3.8, 4) is 0 Å². The highest BCUT2D eigenvalue weighted by Crippen LogP contribution is 2.36. The number of carbonyl (C=O) groups is 1. The Morgan fingerprint density at radius 3 is 2.70 bits per heavy atom. The molecule has 0 spiro atoms. The van der Waals surface area contributed by atoms with Gasteiger partial charge in [0.1, 0.15) is 5.25 Å². The molecular weight excluding hydrogens is 326 g/mol. The second kappa shape index (κ2) is 7.30. The molecular formula is C17H15N3OS2. The van der Waals surface area contributed by atoms with Gasteiger partial charge in [0.2, 0.25) is 5.91 Å². The van der Waals surface area contributed by atoms with E-state index < -0.39 is 0 Å². The molecule has 6 heteroatoms. The lowest BCUT2D eigenvalue weighted by molar-refractivity contribution is -0.115. The average molecular weight is 341 g/mol. The van der Waals surface area contributed by atoms with Crippen LogP contribution in [0.3, 0.4) is 0 Å². The lowest BCUT2D eigenvalue weighted by atomic mass is 10.1. The van der Waals surface area contributed by atoms with E-state index in [-0.39, 0.29) is 11.2 Å². The number of hydrogen-bond acceptors (Lipinski definition) is 5. The van der Waals surface area contributed by atoms with Crippen LogP contribution in [0.15, 0.2) is 71.1 Å². The molecule has 3 N–H and O–H groups in total. The van der Waals surface area contributed by atoms with E-state index in [9.17, 15) is 4.79 Å². The van der Waals surface area contributed by atoms with Crippen molar-refractivity contribution in [2.75, 3.05) is 11.1 Å². The number of nitrogens with two attached hydrogens (primary N) is 1. The largest absolute Gasteiger partial charge is 0.399 e. The average Bonchev–Trinajstić information content (AvgIpc) is 3.06. The van der Waals surface area contributed by atoms with Crippen LogP contribution in [0.25, 0.3) is 0 Å². The van der Waals surface area contributed by atoms with Gasteiger partial charge in [0.25, 0.3) is 0 Å². The molecule has 1 atom stereocenters. The van der Waals surface area contributed by atoms with Gasteiger partial charge in [0, 0.05) is 22.2 Å². The Kier molecular flexibility index (Phi) is 4.95. The molecule has 3 rings (SSSR count). The van der Waals surface area contributed by atoms with Gasteiger partial charge in [-0.2, -0.15) is 0 Å². The molecule has 23 heavy (non-hydrogen) atoms. The van der Waals surface area contributed by atoms with E-state index >= 15 is 0 Å². The third-order valence-electron chi connectivity index (χ3n) is 3.11. The van der Waals surface area contributed by atoms with Gasteiger partial charge >= 0.3 is 0 Å². The lowest BCUT2D eigenvalue weighted by Gasteiger charge is -2.16. The van der Waals surface area contributed by atoms with Crippen LogP contribution in [0, 0.1) is 0 Å². The van der Waals surface area contributed by atoms with E-state index in [0.29, 0.717) is 10.8 Å². The molecule has 0 aliphatic carbocycles. The molecule has 0 bridgehead atoms. The third-order valence-corrected chi connectivity index (χ3v) is 5.05. The van der Waals surface area contributed by atoms with Crippen molar-refractivity contribution in [2.24, 2.45) is 0 Å². The third kappa shape index (κ3) is 4.12. The Labute approximate surface area is 142 Å². The molecule has 116 valence electrons. The first kappa shape index (κ1) is 15.6. The fourth-order valence-corrected chi connectivity index (χ4v) is 3.71. The minimum absolute atomic E-state index is 0.0985. The number of rotatable bonds is 5. The first-order valence-corrected chi connectivity index (χ1v) is 8.76. The van der Waals surface area contributed by atoms with Gasteiger partial charge in [-0.25, -0.2) is 4.98 Å². The minimum Gasteiger partial charge on any atom is -0.399 e. The van der Waals surface area contributed by atoms with E-state index in [1.165, 1.54) is 23.1 Å². The Bertz CT molecular complexity index is 776. The number of nitrogens with one attached hydrogen (secondary N) is 1. The van der Waals surface area contributed by atoms with E-state index in [0.717, 1.165) is 10.5 Å². The lowest BCUT2D eigenvalue weighted by Crippen LogP contribution is -2.18. The maximum absolute atomic E-state index is 12.7. The number of nitrogens with zero attached hydrogens (tertiary/aromatic N) is 1. The number of hydrogen-bond donors (Lipinski definition) is 2. The number of anilines is 2. The highest BCUT2D eigenvalue weighted by atomic mass is 32.2. The van der Waals surface area contributed by atoms with Crippen molar-refractivity contribution < 1.29 is 4.79 Å². The molecule has 0 aliphatic rings. The molecule has 1 heterocycles. The fraction of sp³-hybridized carbons (Fsp3) is 0.0588. The molecule has 1 amide bonds. The van der Waals surface area contributed by atoms with Crippen LogP contribution in [-0.4, -0.2) is 10.9 Å². The van der Waals surface area contributed by atoms with Gasteiger partial charge in [-0.1, -0.05) is 36.4 Å². The van der Waals surface area contributed by atoms with E-state index in [2.05, 4.69) is 10.3 Å². The van der Waals surface area contributed by atoms with Crippen LogP contribution >= 0.6 is 23.1 Å². The van der Waals surface area contributed by atoms with E-state index in [1.807, 2.05) is 60.0 Å². The molecule has 0 saturated carbocycles. The molecule has 0 radical (unpaired) electrons. The van der Waals surface area contributed by atoms with Crippen molar-refractivity contribution >= 4 is 39.8 Å². The summed E-state index contributed by atoms with van der Waals surface area (Å²) in [5, 5.41) is 4.93. The van der Waals surface area contributed by atoms with Gasteiger partial charge in [-0.15, -0.1) is 23.1 Å². The fourth-order valence-electron chi connectivity index (χ4n) is 2.08. The molecule has 1 unspecified atom stereocenters. The van der Waals surface area contributed by atoms with Crippen molar-refractivity contribution in [2.45, 2.75) is 10.1 Å². The van der Waals surface area contributed by atoms with Crippen LogP contribution in [0.2, 0.25) is 0 Å². The summed E-state index contributed by atoms with van der Waals surface area (Å²) in [6.07, 6.45) is 1.67. The number of thioether (sulfide) groups is 1. The summed E-state index contributed by atoms with van der Waals surface area (Å²) in [4.78, 5) is 17.8. The number of benzene rings is 2. The van der Waals surface area contributed by atoms with Crippen molar-refractivity contribution in [1.29, 1.82) is 0 Å². The van der Waals surface area contributed by atoms with E-state index in [4.69, 9.17) is 5.73 Å². The summed E-state index contributed by atoms with van der Waals surface area (Å²) in [5.74, 6) is -0.0985. The maximum Gasteiger partial charge on any atom is 0.244 e. The van der Waals surface area contributed by atoms with Gasteiger partial charge in [-0.05, 0) is 23.8 Å². The number of thiazole rings is 1. The normalized spacial score (nSPS) is 11.8. The predicted molar refractivity (Wildman–Crippen MR) is 96.6 cm³/mol. The number of aromatic nitrogens is 1. The zero-order valence-electron chi connectivity index (χ0n) is 12.2. The zero-order valence-corrected chi connectivity index (χ0v) is 13.8. The van der Waals surface area contributed by atoms with Crippen LogP contribution in [-0.2, 0) is 4.79 Å². The summed E-state index contributed by atoms with van der Waals surface area (Å²) < 4.78 is 0. The molecule has 0 fully saturated rings. The molecule has 0 saturated heterocycles. The highest BCUT2D eigenvalue weighted by Gasteiger charge is 2.22. The molecule has 1 aromatic heterocycles. The summed E-state index contributed by atoms with van der Waals surface area (Å²) >= 11 is 2.87. The maximum atomic E-state index is 12.7. The molecule has 4 nitrogen and oxygen atoms in total. The van der Waals surface area contributed by atoms with Crippen molar-refractivity contribution in [3.63, 3.8) is 0 Å². The standard InChI is InChI=1S/C17H15N3OS2/c18-13-7-4-8-14(11-13)23-15(12-5-2-1-3-6-12)16(21)20-17-19-9-10-22-17/h1-11,15H,18H2,(H,19,20,21). The monoisotopic (exact) mass is 341 g/mol. The smallest absolute Gasteiger partial charge is 0.244 e. The Morgan fingerprint density at radius 1 is 1.17 bits per heavy atom. The van der Waals surface area contributed by atoms with Crippen LogP contribution < -0.4 is 11.1 Å². The first-order valence-electron chi connectivity index (χ1n) is 7.00. The predicted octanol–water partition coefficient (Wildman–Crippen LogP) is 4.20. The second-order valence-corrected chi connectivity index (χ2v) is 6.88. The summed E-state index contributed by atoms with van der Waals surface area (Å²) in [7, 11) is 0. The second-order valence-electron chi connectivity index (χ2n) is 4.81.